The Kier molecular flexibility index (Phi) is 7.87. The number of rotatable bonds is 7. The predicted octanol–water partition coefficient (Wildman–Crippen LogP) is 4.12. The van der Waals surface area contributed by atoms with Gasteiger partial charge >= 0.3 is 0 Å². The average molecular weight is 451 g/mol. The highest BCUT2D eigenvalue weighted by atomic mass is 35.5. The average Bonchev–Trinajstić information content (AvgIpc) is 3.10. The number of hydrogen-bond acceptors (Lipinski definition) is 4. The molecule has 1 N–H and O–H groups in total. The third-order valence-electron chi connectivity index (χ3n) is 6.26. The standard InChI is InChI=1S/C24H35ClN2O4/c1-16(2)13-22(28)27-11-9-24(10-12-27)8-7-20(31-24)15-26-23(29)18(4)30-21-6-5-19(25)14-17(21)3/h5-6,14,16,18,20H,7-13,15H2,1-4H3,(H,26,29)/t18-,20-/m1/s1. The second-order valence-electron chi connectivity index (χ2n) is 9.36. The topological polar surface area (TPSA) is 67.9 Å². The molecular weight excluding hydrogens is 416 g/mol. The van der Waals surface area contributed by atoms with Gasteiger partial charge in [-0.25, -0.2) is 0 Å². The maximum atomic E-state index is 12.5. The van der Waals surface area contributed by atoms with Gasteiger partial charge in [-0.1, -0.05) is 25.4 Å². The number of amides is 2. The summed E-state index contributed by atoms with van der Waals surface area (Å²) < 4.78 is 12.2. The zero-order chi connectivity index (χ0) is 22.6. The Morgan fingerprint density at radius 2 is 1.97 bits per heavy atom. The number of aryl methyl sites for hydroxylation is 1. The van der Waals surface area contributed by atoms with Crippen LogP contribution in [-0.2, 0) is 14.3 Å². The van der Waals surface area contributed by atoms with Crippen molar-refractivity contribution in [3.05, 3.63) is 28.8 Å². The summed E-state index contributed by atoms with van der Waals surface area (Å²) in [6, 6.07) is 5.35. The molecule has 0 aromatic heterocycles. The summed E-state index contributed by atoms with van der Waals surface area (Å²) in [6.07, 6.45) is 3.66. The number of nitrogens with one attached hydrogen (secondary N) is 1. The quantitative estimate of drug-likeness (QED) is 0.678. The number of likely N-dealkylation sites (tertiary alicyclic amines) is 1. The summed E-state index contributed by atoms with van der Waals surface area (Å²) in [5.74, 6) is 1.13. The first kappa shape index (κ1) is 23.9. The Labute approximate surface area is 190 Å². The van der Waals surface area contributed by atoms with Crippen LogP contribution in [0.15, 0.2) is 18.2 Å². The lowest BCUT2D eigenvalue weighted by molar-refractivity contribution is -0.139. The van der Waals surface area contributed by atoms with Gasteiger partial charge < -0.3 is 19.7 Å². The summed E-state index contributed by atoms with van der Waals surface area (Å²) in [4.78, 5) is 26.8. The van der Waals surface area contributed by atoms with E-state index in [2.05, 4.69) is 19.2 Å². The van der Waals surface area contributed by atoms with Gasteiger partial charge in [-0.15, -0.1) is 0 Å². The lowest BCUT2D eigenvalue weighted by atomic mass is 9.88. The number of piperidine rings is 1. The molecule has 0 bridgehead atoms. The molecule has 1 spiro atoms. The number of hydrogen-bond donors (Lipinski definition) is 1. The molecule has 0 radical (unpaired) electrons. The molecule has 6 nitrogen and oxygen atoms in total. The third-order valence-corrected chi connectivity index (χ3v) is 6.50. The van der Waals surface area contributed by atoms with Crippen LogP contribution in [0.2, 0.25) is 5.02 Å². The van der Waals surface area contributed by atoms with Crippen molar-refractivity contribution in [3.8, 4) is 5.75 Å². The van der Waals surface area contributed by atoms with E-state index in [1.54, 1.807) is 19.1 Å². The summed E-state index contributed by atoms with van der Waals surface area (Å²) in [5, 5.41) is 3.61. The molecule has 2 heterocycles. The first-order valence-corrected chi connectivity index (χ1v) is 11.7. The van der Waals surface area contributed by atoms with Crippen molar-refractivity contribution in [2.75, 3.05) is 19.6 Å². The number of carbonyl (C=O) groups is 2. The molecule has 31 heavy (non-hydrogen) atoms. The Bertz CT molecular complexity index is 790. The third kappa shape index (κ3) is 6.36. The molecule has 2 aliphatic rings. The molecular formula is C24H35ClN2O4. The minimum absolute atomic E-state index is 0.00586. The highest BCUT2D eigenvalue weighted by molar-refractivity contribution is 6.30. The SMILES string of the molecule is Cc1cc(Cl)ccc1O[C@H](C)C(=O)NC[C@H]1CCC2(CCN(C(=O)CC(C)C)CC2)O1. The van der Waals surface area contributed by atoms with E-state index in [9.17, 15) is 9.59 Å². The fourth-order valence-corrected chi connectivity index (χ4v) is 4.62. The first-order chi connectivity index (χ1) is 14.7. The molecule has 1 aromatic rings. The molecule has 7 heteroatoms. The highest BCUT2D eigenvalue weighted by Gasteiger charge is 2.43. The summed E-state index contributed by atoms with van der Waals surface area (Å²) >= 11 is 5.98. The number of halogens is 1. The minimum Gasteiger partial charge on any atom is -0.481 e. The minimum atomic E-state index is -0.606. The Morgan fingerprint density at radius 3 is 2.61 bits per heavy atom. The summed E-state index contributed by atoms with van der Waals surface area (Å²) in [5.41, 5.74) is 0.749. The molecule has 2 fully saturated rings. The molecule has 0 unspecified atom stereocenters. The van der Waals surface area contributed by atoms with Crippen LogP contribution in [-0.4, -0.2) is 54.2 Å². The zero-order valence-electron chi connectivity index (χ0n) is 19.1. The van der Waals surface area contributed by atoms with Gasteiger partial charge in [-0.05, 0) is 69.2 Å². The van der Waals surface area contributed by atoms with E-state index in [-0.39, 0.29) is 23.5 Å². The van der Waals surface area contributed by atoms with Crippen molar-refractivity contribution in [2.45, 2.75) is 77.6 Å². The van der Waals surface area contributed by atoms with Crippen molar-refractivity contribution in [1.29, 1.82) is 0 Å². The van der Waals surface area contributed by atoms with Crippen LogP contribution in [0.3, 0.4) is 0 Å². The van der Waals surface area contributed by atoms with Gasteiger partial charge in [-0.2, -0.15) is 0 Å². The van der Waals surface area contributed by atoms with E-state index in [4.69, 9.17) is 21.1 Å². The summed E-state index contributed by atoms with van der Waals surface area (Å²) in [7, 11) is 0. The normalized spacial score (nSPS) is 21.4. The lowest BCUT2D eigenvalue weighted by Crippen LogP contribution is -2.47. The second kappa shape index (κ2) is 10.2. The van der Waals surface area contributed by atoms with Gasteiger partial charge in [-0.3, -0.25) is 9.59 Å². The molecule has 2 atom stereocenters. The number of benzene rings is 1. The van der Waals surface area contributed by atoms with Crippen LogP contribution < -0.4 is 10.1 Å². The molecule has 0 aliphatic carbocycles. The van der Waals surface area contributed by atoms with E-state index < -0.39 is 6.10 Å². The van der Waals surface area contributed by atoms with Gasteiger partial charge in [0, 0.05) is 31.1 Å². The zero-order valence-corrected chi connectivity index (χ0v) is 19.8. The van der Waals surface area contributed by atoms with E-state index in [1.165, 1.54) is 0 Å². The Morgan fingerprint density at radius 1 is 1.26 bits per heavy atom. The van der Waals surface area contributed by atoms with Crippen LogP contribution in [0.5, 0.6) is 5.75 Å². The van der Waals surface area contributed by atoms with Gasteiger partial charge in [0.25, 0.3) is 5.91 Å². The Balaban J connectivity index is 1.42. The van der Waals surface area contributed by atoms with Crippen LogP contribution in [0.1, 0.15) is 58.4 Å². The van der Waals surface area contributed by atoms with Crippen LogP contribution in [0.4, 0.5) is 0 Å². The van der Waals surface area contributed by atoms with Gasteiger partial charge in [0.05, 0.1) is 11.7 Å². The second-order valence-corrected chi connectivity index (χ2v) is 9.79. The largest absolute Gasteiger partial charge is 0.481 e. The Hall–Kier alpha value is -1.79. The van der Waals surface area contributed by atoms with E-state index in [0.29, 0.717) is 29.7 Å². The number of ether oxygens (including phenoxy) is 2. The smallest absolute Gasteiger partial charge is 0.260 e. The van der Waals surface area contributed by atoms with Crippen LogP contribution >= 0.6 is 11.6 Å². The van der Waals surface area contributed by atoms with Crippen molar-refractivity contribution >= 4 is 23.4 Å². The maximum absolute atomic E-state index is 12.5. The van der Waals surface area contributed by atoms with Gasteiger partial charge in [0.1, 0.15) is 5.75 Å². The summed E-state index contributed by atoms with van der Waals surface area (Å²) in [6.45, 7) is 9.79. The van der Waals surface area contributed by atoms with E-state index >= 15 is 0 Å². The van der Waals surface area contributed by atoms with Crippen LogP contribution in [0.25, 0.3) is 0 Å². The monoisotopic (exact) mass is 450 g/mol. The molecule has 2 amide bonds. The molecule has 0 saturated carbocycles. The molecule has 2 saturated heterocycles. The molecule has 172 valence electrons. The molecule has 1 aromatic carbocycles. The molecule has 3 rings (SSSR count). The fourth-order valence-electron chi connectivity index (χ4n) is 4.40. The highest BCUT2D eigenvalue weighted by Crippen LogP contribution is 2.39. The van der Waals surface area contributed by atoms with Gasteiger partial charge in [0.2, 0.25) is 5.91 Å². The first-order valence-electron chi connectivity index (χ1n) is 11.3. The van der Waals surface area contributed by atoms with Crippen molar-refractivity contribution < 1.29 is 19.1 Å². The van der Waals surface area contributed by atoms with E-state index in [1.807, 2.05) is 17.9 Å². The molecule has 2 aliphatic heterocycles. The van der Waals surface area contributed by atoms with Crippen molar-refractivity contribution in [3.63, 3.8) is 0 Å². The van der Waals surface area contributed by atoms with Crippen LogP contribution in [0, 0.1) is 12.8 Å². The van der Waals surface area contributed by atoms with Crippen molar-refractivity contribution in [1.82, 2.24) is 10.2 Å². The predicted molar refractivity (Wildman–Crippen MR) is 121 cm³/mol. The maximum Gasteiger partial charge on any atom is 0.260 e. The van der Waals surface area contributed by atoms with Gasteiger partial charge in [0.15, 0.2) is 6.10 Å². The number of carbonyl (C=O) groups excluding carboxylic acids is 2. The lowest BCUT2D eigenvalue weighted by Gasteiger charge is -2.39. The van der Waals surface area contributed by atoms with Crippen molar-refractivity contribution in [2.24, 2.45) is 5.92 Å². The van der Waals surface area contributed by atoms with E-state index in [0.717, 1.165) is 44.3 Å². The number of nitrogens with zero attached hydrogens (tertiary/aromatic N) is 1. The fraction of sp³-hybridized carbons (Fsp3) is 0.667.